The van der Waals surface area contributed by atoms with Crippen LogP contribution in [0, 0.1) is 5.41 Å². The first-order valence-electron chi connectivity index (χ1n) is 15.9. The van der Waals surface area contributed by atoms with Gasteiger partial charge in [-0.25, -0.2) is 9.59 Å². The third-order valence-corrected chi connectivity index (χ3v) is 8.17. The number of aliphatic carboxylic acids is 1. The fourth-order valence-electron chi connectivity index (χ4n) is 5.32. The van der Waals surface area contributed by atoms with Crippen LogP contribution in [0.2, 0.25) is 0 Å². The molecule has 1 aromatic heterocycles. The number of carbonyl (C=O) groups is 5. The number of esters is 2. The predicted octanol–water partition coefficient (Wildman–Crippen LogP) is 3.62. The number of piperidine rings is 1. The van der Waals surface area contributed by atoms with Crippen molar-refractivity contribution in [2.45, 2.75) is 77.0 Å². The number of nitrogens with zero attached hydrogens (tertiary/aromatic N) is 2. The minimum Gasteiger partial charge on any atom is -0.493 e. The van der Waals surface area contributed by atoms with E-state index in [0.29, 0.717) is 42.7 Å². The standard InChI is InChI=1S/C35H45N3O11/c1-6-31(42)48-21-35(2,3)32(43)33(44)38-16-8-7-9-25(38)34(45)49-26(12-10-22-11-13-27(46-4)28(17-22)47-5)23-18-24(20-36-19-23)37-29(39)14-15-30(40)41/h6,11,13,17-20,25-26,32,43H,1,7-10,12,14-16,21H2,2-5H3,(H,37,39)(H,40,41)/t25-,26+,32?/m0/s1. The van der Waals surface area contributed by atoms with E-state index < -0.39 is 53.4 Å². The van der Waals surface area contributed by atoms with Gasteiger partial charge in [-0.15, -0.1) is 0 Å². The van der Waals surface area contributed by atoms with Crippen LogP contribution in [-0.4, -0.2) is 89.3 Å². The van der Waals surface area contributed by atoms with Gasteiger partial charge in [0, 0.05) is 36.2 Å². The van der Waals surface area contributed by atoms with E-state index in [2.05, 4.69) is 16.9 Å². The minimum atomic E-state index is -1.58. The van der Waals surface area contributed by atoms with E-state index >= 15 is 0 Å². The van der Waals surface area contributed by atoms with E-state index in [1.165, 1.54) is 31.5 Å². The summed E-state index contributed by atoms with van der Waals surface area (Å²) in [6, 6.07) is 6.04. The Kier molecular flexibility index (Phi) is 14.1. The lowest BCUT2D eigenvalue weighted by Gasteiger charge is -2.39. The van der Waals surface area contributed by atoms with E-state index in [-0.39, 0.29) is 38.1 Å². The molecule has 1 aliphatic rings. The van der Waals surface area contributed by atoms with E-state index in [1.807, 2.05) is 12.1 Å². The molecule has 1 saturated heterocycles. The molecule has 1 aliphatic heterocycles. The van der Waals surface area contributed by atoms with Crippen molar-refractivity contribution in [3.8, 4) is 11.5 Å². The van der Waals surface area contributed by atoms with Crippen LogP contribution in [0.15, 0.2) is 49.3 Å². The largest absolute Gasteiger partial charge is 0.493 e. The van der Waals surface area contributed by atoms with Crippen LogP contribution >= 0.6 is 0 Å². The lowest BCUT2D eigenvalue weighted by Crippen LogP contribution is -2.55. The number of methoxy groups -OCH3 is 2. The highest BCUT2D eigenvalue weighted by molar-refractivity contribution is 5.92. The Morgan fingerprint density at radius 2 is 1.82 bits per heavy atom. The van der Waals surface area contributed by atoms with Crippen molar-refractivity contribution < 1.29 is 53.1 Å². The van der Waals surface area contributed by atoms with Crippen molar-refractivity contribution >= 4 is 35.4 Å². The molecule has 1 fully saturated rings. The monoisotopic (exact) mass is 683 g/mol. The average molecular weight is 684 g/mol. The molecular formula is C35H45N3O11. The smallest absolute Gasteiger partial charge is 0.330 e. The van der Waals surface area contributed by atoms with E-state index in [1.54, 1.807) is 26.0 Å². The number of hydrogen-bond acceptors (Lipinski definition) is 11. The van der Waals surface area contributed by atoms with Crippen molar-refractivity contribution in [3.63, 3.8) is 0 Å². The zero-order valence-corrected chi connectivity index (χ0v) is 28.3. The minimum absolute atomic E-state index is 0.216. The Labute approximate surface area is 285 Å². The summed E-state index contributed by atoms with van der Waals surface area (Å²) in [7, 11) is 3.06. The number of aromatic nitrogens is 1. The molecule has 0 spiro atoms. The van der Waals surface area contributed by atoms with Crippen LogP contribution in [0.4, 0.5) is 5.69 Å². The molecule has 3 rings (SSSR count). The van der Waals surface area contributed by atoms with Gasteiger partial charge in [-0.3, -0.25) is 19.4 Å². The number of carbonyl (C=O) groups excluding carboxylic acids is 4. The van der Waals surface area contributed by atoms with Gasteiger partial charge < -0.3 is 39.4 Å². The fraction of sp³-hybridized carbons (Fsp3) is 0.486. The summed E-state index contributed by atoms with van der Waals surface area (Å²) >= 11 is 0. The van der Waals surface area contributed by atoms with E-state index in [9.17, 15) is 29.1 Å². The number of aryl methyl sites for hydroxylation is 1. The van der Waals surface area contributed by atoms with E-state index in [0.717, 1.165) is 11.6 Å². The number of carboxylic acids is 1. The summed E-state index contributed by atoms with van der Waals surface area (Å²) in [5.41, 5.74) is 0.451. The third kappa shape index (κ3) is 11.0. The van der Waals surface area contributed by atoms with Crippen molar-refractivity contribution in [3.05, 3.63) is 60.4 Å². The maximum absolute atomic E-state index is 13.9. The Morgan fingerprint density at radius 1 is 1.08 bits per heavy atom. The molecule has 14 heteroatoms. The van der Waals surface area contributed by atoms with Crippen molar-refractivity contribution in [1.82, 2.24) is 9.88 Å². The third-order valence-electron chi connectivity index (χ3n) is 8.17. The highest BCUT2D eigenvalue weighted by Crippen LogP contribution is 2.32. The molecule has 49 heavy (non-hydrogen) atoms. The quantitative estimate of drug-likeness (QED) is 0.162. The number of pyridine rings is 1. The van der Waals surface area contributed by atoms with Gasteiger partial charge in [0.1, 0.15) is 18.2 Å². The zero-order chi connectivity index (χ0) is 36.1. The lowest BCUT2D eigenvalue weighted by molar-refractivity contribution is -0.168. The first kappa shape index (κ1) is 38.5. The number of hydrogen-bond donors (Lipinski definition) is 3. The number of likely N-dealkylation sites (tertiary alicyclic amines) is 1. The Hall–Kier alpha value is -4.98. The Balaban J connectivity index is 1.86. The van der Waals surface area contributed by atoms with Gasteiger partial charge in [0.2, 0.25) is 5.91 Å². The summed E-state index contributed by atoms with van der Waals surface area (Å²) in [4.78, 5) is 67.8. The maximum atomic E-state index is 13.9. The van der Waals surface area contributed by atoms with Crippen molar-refractivity contribution in [2.24, 2.45) is 5.41 Å². The number of aliphatic hydroxyl groups excluding tert-OH is 1. The first-order chi connectivity index (χ1) is 23.3. The molecule has 14 nitrogen and oxygen atoms in total. The van der Waals surface area contributed by atoms with Crippen LogP contribution in [0.1, 0.15) is 69.6 Å². The topological polar surface area (TPSA) is 191 Å². The summed E-state index contributed by atoms with van der Waals surface area (Å²) in [5.74, 6) is -2.59. The van der Waals surface area contributed by atoms with Gasteiger partial charge in [-0.1, -0.05) is 26.5 Å². The van der Waals surface area contributed by atoms with Gasteiger partial charge in [0.05, 0.1) is 39.1 Å². The molecule has 3 atom stereocenters. The van der Waals surface area contributed by atoms with Crippen LogP contribution in [0.5, 0.6) is 11.5 Å². The normalized spacial score (nSPS) is 15.7. The second kappa shape index (κ2) is 18.0. The lowest BCUT2D eigenvalue weighted by atomic mass is 9.85. The maximum Gasteiger partial charge on any atom is 0.330 e. The molecule has 0 saturated carbocycles. The summed E-state index contributed by atoms with van der Waals surface area (Å²) < 4.78 is 21.9. The molecule has 0 bridgehead atoms. The number of rotatable bonds is 17. The molecule has 1 unspecified atom stereocenters. The molecule has 2 aromatic rings. The van der Waals surface area contributed by atoms with Crippen LogP contribution in [0.25, 0.3) is 0 Å². The summed E-state index contributed by atoms with van der Waals surface area (Å²) in [6.07, 6.45) is 3.14. The number of aliphatic hydroxyl groups is 1. The molecule has 0 radical (unpaired) electrons. The SMILES string of the molecule is C=CC(=O)OCC(C)(C)C(O)C(=O)N1CCCC[C@H]1C(=O)O[C@H](CCc1ccc(OC)c(OC)c1)c1cncc(NC(=O)CCC(=O)O)c1. The van der Waals surface area contributed by atoms with Crippen LogP contribution < -0.4 is 14.8 Å². The Bertz CT molecular complexity index is 1510. The number of anilines is 1. The number of ether oxygens (including phenoxy) is 4. The van der Waals surface area contributed by atoms with Gasteiger partial charge in [-0.05, 0) is 55.9 Å². The Morgan fingerprint density at radius 3 is 2.49 bits per heavy atom. The van der Waals surface area contributed by atoms with Crippen molar-refractivity contribution in [1.29, 1.82) is 0 Å². The van der Waals surface area contributed by atoms with Gasteiger partial charge in [-0.2, -0.15) is 0 Å². The molecule has 0 aliphatic carbocycles. The molecule has 2 heterocycles. The van der Waals surface area contributed by atoms with Gasteiger partial charge in [0.25, 0.3) is 5.91 Å². The number of nitrogens with one attached hydrogen (secondary N) is 1. The number of benzene rings is 1. The molecule has 1 aromatic carbocycles. The molecule has 266 valence electrons. The molecule has 3 N–H and O–H groups in total. The van der Waals surface area contributed by atoms with Gasteiger partial charge >= 0.3 is 17.9 Å². The number of amides is 2. The predicted molar refractivity (Wildman–Crippen MR) is 177 cm³/mol. The van der Waals surface area contributed by atoms with Crippen LogP contribution in [0.3, 0.4) is 0 Å². The second-order valence-corrected chi connectivity index (χ2v) is 12.3. The highest BCUT2D eigenvalue weighted by Gasteiger charge is 2.42. The van der Waals surface area contributed by atoms with Crippen LogP contribution in [-0.2, 0) is 39.9 Å². The summed E-state index contributed by atoms with van der Waals surface area (Å²) in [5, 5.41) is 22.6. The molecular weight excluding hydrogens is 638 g/mol. The average Bonchev–Trinajstić information content (AvgIpc) is 3.10. The zero-order valence-electron chi connectivity index (χ0n) is 28.3. The summed E-state index contributed by atoms with van der Waals surface area (Å²) in [6.45, 7) is 6.47. The van der Waals surface area contributed by atoms with Crippen molar-refractivity contribution in [2.75, 3.05) is 32.7 Å². The highest BCUT2D eigenvalue weighted by atomic mass is 16.5. The fourth-order valence-corrected chi connectivity index (χ4v) is 5.32. The van der Waals surface area contributed by atoms with Gasteiger partial charge in [0.15, 0.2) is 11.5 Å². The first-order valence-corrected chi connectivity index (χ1v) is 15.9. The van der Waals surface area contributed by atoms with E-state index in [4.69, 9.17) is 24.1 Å². The molecule has 2 amide bonds. The second-order valence-electron chi connectivity index (χ2n) is 12.3. The number of carboxylic acid groups (broad SMARTS) is 1.